The minimum absolute atomic E-state index is 0.0700. The van der Waals surface area contributed by atoms with Gasteiger partial charge < -0.3 is 5.11 Å². The second kappa shape index (κ2) is 2.98. The van der Waals surface area contributed by atoms with Gasteiger partial charge in [0.05, 0.1) is 6.10 Å². The SMILES string of the molecule is OC(CC1CCC1)C1C2CCCC21. The normalized spacial score (nSPS) is 45.5. The number of aliphatic hydroxyl groups is 1. The van der Waals surface area contributed by atoms with Crippen LogP contribution in [0.1, 0.15) is 44.9 Å². The molecule has 3 aliphatic rings. The van der Waals surface area contributed by atoms with E-state index in [1.165, 1.54) is 38.5 Å². The van der Waals surface area contributed by atoms with Gasteiger partial charge in [0.15, 0.2) is 0 Å². The quantitative estimate of drug-likeness (QED) is 0.707. The summed E-state index contributed by atoms with van der Waals surface area (Å²) in [5, 5.41) is 10.0. The van der Waals surface area contributed by atoms with E-state index in [2.05, 4.69) is 0 Å². The molecule has 1 heteroatoms. The van der Waals surface area contributed by atoms with Crippen LogP contribution >= 0.6 is 0 Å². The Hall–Kier alpha value is -0.0400. The first-order valence-electron chi connectivity index (χ1n) is 6.04. The molecular weight excluding hydrogens is 160 g/mol. The molecule has 3 saturated carbocycles. The van der Waals surface area contributed by atoms with Crippen molar-refractivity contribution in [2.24, 2.45) is 23.7 Å². The first-order valence-corrected chi connectivity index (χ1v) is 6.04. The van der Waals surface area contributed by atoms with Crippen LogP contribution in [-0.2, 0) is 0 Å². The number of hydrogen-bond acceptors (Lipinski definition) is 1. The molecular formula is C12H20O. The molecule has 0 aromatic heterocycles. The highest BCUT2D eigenvalue weighted by atomic mass is 16.3. The molecule has 3 unspecified atom stereocenters. The molecule has 0 radical (unpaired) electrons. The minimum Gasteiger partial charge on any atom is -0.393 e. The van der Waals surface area contributed by atoms with Gasteiger partial charge in [-0.15, -0.1) is 0 Å². The summed E-state index contributed by atoms with van der Waals surface area (Å²) in [6.07, 6.45) is 9.64. The van der Waals surface area contributed by atoms with Crippen molar-refractivity contribution in [3.63, 3.8) is 0 Å². The van der Waals surface area contributed by atoms with E-state index in [4.69, 9.17) is 0 Å². The zero-order valence-electron chi connectivity index (χ0n) is 8.28. The largest absolute Gasteiger partial charge is 0.393 e. The van der Waals surface area contributed by atoms with Gasteiger partial charge in [0, 0.05) is 0 Å². The number of fused-ring (bicyclic) bond motifs is 1. The van der Waals surface area contributed by atoms with Crippen molar-refractivity contribution in [2.45, 2.75) is 51.0 Å². The highest BCUT2D eigenvalue weighted by Gasteiger charge is 2.55. The van der Waals surface area contributed by atoms with Crippen LogP contribution < -0.4 is 0 Å². The van der Waals surface area contributed by atoms with Crippen LogP contribution in [0.3, 0.4) is 0 Å². The van der Waals surface area contributed by atoms with Crippen LogP contribution in [0.15, 0.2) is 0 Å². The molecule has 1 nitrogen and oxygen atoms in total. The average molecular weight is 180 g/mol. The van der Waals surface area contributed by atoms with Crippen molar-refractivity contribution in [3.05, 3.63) is 0 Å². The summed E-state index contributed by atoms with van der Waals surface area (Å²) in [5.74, 6) is 3.50. The Bertz CT molecular complexity index is 187. The Morgan fingerprint density at radius 3 is 2.15 bits per heavy atom. The summed E-state index contributed by atoms with van der Waals surface area (Å²) in [7, 11) is 0. The van der Waals surface area contributed by atoms with E-state index < -0.39 is 0 Å². The standard InChI is InChI=1S/C12H20O/c13-11(7-8-3-1-4-8)12-9-5-2-6-10(9)12/h8-13H,1-7H2. The Morgan fingerprint density at radius 1 is 1.00 bits per heavy atom. The molecule has 0 heterocycles. The molecule has 0 saturated heterocycles. The summed E-state index contributed by atoms with van der Waals surface area (Å²) in [6, 6.07) is 0. The van der Waals surface area contributed by atoms with Crippen molar-refractivity contribution >= 4 is 0 Å². The molecule has 13 heavy (non-hydrogen) atoms. The number of hydrogen-bond donors (Lipinski definition) is 1. The predicted molar refractivity (Wildman–Crippen MR) is 52.3 cm³/mol. The molecule has 0 aliphatic heterocycles. The lowest BCUT2D eigenvalue weighted by atomic mass is 9.80. The van der Waals surface area contributed by atoms with Crippen molar-refractivity contribution in [1.82, 2.24) is 0 Å². The van der Waals surface area contributed by atoms with Gasteiger partial charge in [-0.2, -0.15) is 0 Å². The maximum absolute atomic E-state index is 10.0. The van der Waals surface area contributed by atoms with Gasteiger partial charge >= 0.3 is 0 Å². The fraction of sp³-hybridized carbons (Fsp3) is 1.00. The van der Waals surface area contributed by atoms with Crippen molar-refractivity contribution < 1.29 is 5.11 Å². The first kappa shape index (κ1) is 8.28. The van der Waals surface area contributed by atoms with Crippen molar-refractivity contribution in [1.29, 1.82) is 0 Å². The predicted octanol–water partition coefficient (Wildman–Crippen LogP) is 2.58. The monoisotopic (exact) mass is 180 g/mol. The number of aliphatic hydroxyl groups excluding tert-OH is 1. The van der Waals surface area contributed by atoms with Gasteiger partial charge in [-0.25, -0.2) is 0 Å². The van der Waals surface area contributed by atoms with Gasteiger partial charge in [0.1, 0.15) is 0 Å². The second-order valence-electron chi connectivity index (χ2n) is 5.44. The van der Waals surface area contributed by atoms with Crippen LogP contribution in [0.25, 0.3) is 0 Å². The van der Waals surface area contributed by atoms with E-state index in [0.717, 1.165) is 30.1 Å². The van der Waals surface area contributed by atoms with Crippen LogP contribution in [0.2, 0.25) is 0 Å². The molecule has 3 aliphatic carbocycles. The Balaban J connectivity index is 1.49. The van der Waals surface area contributed by atoms with E-state index in [0.29, 0.717) is 0 Å². The van der Waals surface area contributed by atoms with Crippen molar-refractivity contribution in [3.8, 4) is 0 Å². The lowest BCUT2D eigenvalue weighted by molar-refractivity contribution is 0.0874. The van der Waals surface area contributed by atoms with E-state index in [-0.39, 0.29) is 6.10 Å². The molecule has 74 valence electrons. The van der Waals surface area contributed by atoms with Crippen LogP contribution in [0.4, 0.5) is 0 Å². The fourth-order valence-electron chi connectivity index (χ4n) is 3.67. The molecule has 0 aromatic rings. The highest BCUT2D eigenvalue weighted by molar-refractivity contribution is 5.04. The zero-order chi connectivity index (χ0) is 8.84. The molecule has 3 atom stereocenters. The molecule has 0 spiro atoms. The maximum atomic E-state index is 10.0. The molecule has 1 N–H and O–H groups in total. The second-order valence-corrected chi connectivity index (χ2v) is 5.44. The summed E-state index contributed by atoms with van der Waals surface area (Å²) < 4.78 is 0. The summed E-state index contributed by atoms with van der Waals surface area (Å²) in [5.41, 5.74) is 0. The van der Waals surface area contributed by atoms with E-state index >= 15 is 0 Å². The topological polar surface area (TPSA) is 20.2 Å². The van der Waals surface area contributed by atoms with Gasteiger partial charge in [-0.3, -0.25) is 0 Å². The summed E-state index contributed by atoms with van der Waals surface area (Å²) in [6.45, 7) is 0. The molecule has 0 amide bonds. The van der Waals surface area contributed by atoms with Crippen LogP contribution in [-0.4, -0.2) is 11.2 Å². The number of rotatable bonds is 3. The Kier molecular flexibility index (Phi) is 1.90. The van der Waals surface area contributed by atoms with E-state index in [1.54, 1.807) is 0 Å². The Morgan fingerprint density at radius 2 is 1.62 bits per heavy atom. The molecule has 0 bridgehead atoms. The third kappa shape index (κ3) is 1.32. The Labute approximate surface area is 80.5 Å². The van der Waals surface area contributed by atoms with Gasteiger partial charge in [0.2, 0.25) is 0 Å². The highest BCUT2D eigenvalue weighted by Crippen LogP contribution is 2.59. The third-order valence-electron chi connectivity index (χ3n) is 4.72. The van der Waals surface area contributed by atoms with Gasteiger partial charge in [-0.1, -0.05) is 25.7 Å². The summed E-state index contributed by atoms with van der Waals surface area (Å²) in [4.78, 5) is 0. The molecule has 3 fully saturated rings. The first-order chi connectivity index (χ1) is 6.36. The summed E-state index contributed by atoms with van der Waals surface area (Å²) >= 11 is 0. The van der Waals surface area contributed by atoms with Gasteiger partial charge in [0.25, 0.3) is 0 Å². The smallest absolute Gasteiger partial charge is 0.0576 e. The average Bonchev–Trinajstić information content (AvgIpc) is 2.53. The van der Waals surface area contributed by atoms with E-state index in [9.17, 15) is 5.11 Å². The zero-order valence-corrected chi connectivity index (χ0v) is 8.28. The van der Waals surface area contributed by atoms with Crippen LogP contribution in [0.5, 0.6) is 0 Å². The van der Waals surface area contributed by atoms with Crippen LogP contribution in [0, 0.1) is 23.7 Å². The molecule has 3 rings (SSSR count). The lowest BCUT2D eigenvalue weighted by Gasteiger charge is -2.28. The molecule has 0 aromatic carbocycles. The fourth-order valence-corrected chi connectivity index (χ4v) is 3.67. The maximum Gasteiger partial charge on any atom is 0.0576 e. The van der Waals surface area contributed by atoms with E-state index in [1.807, 2.05) is 0 Å². The van der Waals surface area contributed by atoms with Gasteiger partial charge in [-0.05, 0) is 42.9 Å². The van der Waals surface area contributed by atoms with Crippen molar-refractivity contribution in [2.75, 3.05) is 0 Å². The lowest BCUT2D eigenvalue weighted by Crippen LogP contribution is -2.22. The minimum atomic E-state index is 0.0700. The third-order valence-corrected chi connectivity index (χ3v) is 4.72.